The molecular weight excluding hydrogens is 384 g/mol. The average Bonchev–Trinajstić information content (AvgIpc) is 3.02. The van der Waals surface area contributed by atoms with Gasteiger partial charge in [0.05, 0.1) is 5.52 Å². The first kappa shape index (κ1) is 19.8. The van der Waals surface area contributed by atoms with E-state index >= 15 is 0 Å². The molecule has 3 aromatic rings. The van der Waals surface area contributed by atoms with Crippen molar-refractivity contribution in [3.05, 3.63) is 58.4 Å². The van der Waals surface area contributed by atoms with E-state index in [1.807, 2.05) is 43.3 Å². The summed E-state index contributed by atoms with van der Waals surface area (Å²) < 4.78 is 7.78. The van der Waals surface area contributed by atoms with Gasteiger partial charge in [-0.25, -0.2) is 0 Å². The Bertz CT molecular complexity index is 1080. The maximum atomic E-state index is 12.5. The van der Waals surface area contributed by atoms with Crippen LogP contribution in [0.5, 0.6) is 0 Å². The van der Waals surface area contributed by atoms with Crippen LogP contribution in [0.1, 0.15) is 11.1 Å². The Balaban J connectivity index is 1.31. The molecule has 1 amide bonds. The molecule has 1 aromatic heterocycles. The van der Waals surface area contributed by atoms with Crippen LogP contribution in [-0.4, -0.2) is 43.2 Å². The smallest absolute Gasteiger partial charge is 0.279 e. The third-order valence-electron chi connectivity index (χ3n) is 5.91. The van der Waals surface area contributed by atoms with Gasteiger partial charge in [0.15, 0.2) is 18.8 Å². The minimum absolute atomic E-state index is 0.0835. The van der Waals surface area contributed by atoms with Crippen molar-refractivity contribution in [2.24, 2.45) is 0 Å². The number of aryl methyl sites for hydroxylation is 1. The lowest BCUT2D eigenvalue weighted by atomic mass is 10.1. The van der Waals surface area contributed by atoms with Gasteiger partial charge in [0.1, 0.15) is 26.2 Å². The van der Waals surface area contributed by atoms with E-state index < -0.39 is 0 Å². The number of hydrogen-bond acceptors (Lipinski definition) is 3. The van der Waals surface area contributed by atoms with E-state index in [1.165, 1.54) is 15.4 Å². The van der Waals surface area contributed by atoms with Crippen LogP contribution < -0.4 is 15.1 Å². The highest BCUT2D eigenvalue weighted by Gasteiger charge is 2.26. The molecule has 29 heavy (non-hydrogen) atoms. The zero-order chi connectivity index (χ0) is 20.4. The van der Waals surface area contributed by atoms with E-state index in [4.69, 9.17) is 16.6 Å². The lowest BCUT2D eigenvalue weighted by molar-refractivity contribution is -1.02. The summed E-state index contributed by atoms with van der Waals surface area (Å²) in [5, 5.41) is 3.08. The fraction of sp³-hybridized carbons (Fsp3) is 0.364. The molecule has 1 aliphatic heterocycles. The van der Waals surface area contributed by atoms with E-state index in [1.54, 1.807) is 0 Å². The Morgan fingerprint density at radius 3 is 2.59 bits per heavy atom. The van der Waals surface area contributed by atoms with Crippen LogP contribution in [0.4, 0.5) is 5.69 Å². The van der Waals surface area contributed by atoms with Crippen LogP contribution >= 0.6 is 12.2 Å². The number of hydrogen-bond donors (Lipinski definition) is 3. The maximum absolute atomic E-state index is 12.5. The molecule has 0 aliphatic carbocycles. The van der Waals surface area contributed by atoms with Crippen LogP contribution in [0.15, 0.2) is 46.9 Å². The predicted molar refractivity (Wildman–Crippen MR) is 116 cm³/mol. The highest BCUT2D eigenvalue weighted by Crippen LogP contribution is 2.17. The lowest BCUT2D eigenvalue weighted by Crippen LogP contribution is -3.28. The summed E-state index contributed by atoms with van der Waals surface area (Å²) in [6.45, 7) is 9.38. The molecule has 3 N–H and O–H groups in total. The van der Waals surface area contributed by atoms with Crippen molar-refractivity contribution < 1.29 is 19.0 Å². The van der Waals surface area contributed by atoms with Crippen molar-refractivity contribution in [1.29, 1.82) is 0 Å². The molecule has 6 nitrogen and oxygen atoms in total. The van der Waals surface area contributed by atoms with Crippen LogP contribution in [0.2, 0.25) is 0 Å². The van der Waals surface area contributed by atoms with Crippen LogP contribution in [0, 0.1) is 18.7 Å². The highest BCUT2D eigenvalue weighted by molar-refractivity contribution is 7.71. The summed E-state index contributed by atoms with van der Waals surface area (Å²) in [6, 6.07) is 14.0. The topological polar surface area (TPSA) is 56.0 Å². The fourth-order valence-electron chi connectivity index (χ4n) is 3.99. The number of rotatable bonds is 5. The number of fused-ring (bicyclic) bond motifs is 1. The van der Waals surface area contributed by atoms with Gasteiger partial charge in [-0.2, -0.15) is 0 Å². The number of benzene rings is 2. The second-order valence-corrected chi connectivity index (χ2v) is 8.24. The van der Waals surface area contributed by atoms with E-state index in [2.05, 4.69) is 22.9 Å². The number of piperazine rings is 1. The molecule has 1 aliphatic rings. The average molecular weight is 413 g/mol. The largest absolute Gasteiger partial charge is 0.429 e. The van der Waals surface area contributed by atoms with Gasteiger partial charge < -0.3 is 19.5 Å². The van der Waals surface area contributed by atoms with Gasteiger partial charge in [0.2, 0.25) is 0 Å². The molecule has 0 radical (unpaired) electrons. The maximum Gasteiger partial charge on any atom is 0.279 e. The molecule has 0 atom stereocenters. The molecule has 0 unspecified atom stereocenters. The van der Waals surface area contributed by atoms with E-state index in [0.29, 0.717) is 11.4 Å². The molecule has 2 heterocycles. The molecule has 4 rings (SSSR count). The Kier molecular flexibility index (Phi) is 5.80. The summed E-state index contributed by atoms with van der Waals surface area (Å²) in [5.41, 5.74) is 5.13. The second kappa shape index (κ2) is 8.49. The third kappa shape index (κ3) is 4.42. The van der Waals surface area contributed by atoms with Gasteiger partial charge in [-0.05, 0) is 55.4 Å². The van der Waals surface area contributed by atoms with Crippen molar-refractivity contribution in [2.75, 3.05) is 38.0 Å². The predicted octanol–water partition coefficient (Wildman–Crippen LogP) is 0.960. The Labute approximate surface area is 175 Å². The SMILES string of the molecule is Cc1cccc(NC(=O)C[NH+]2CC[NH+](Cn3c(=S)oc4ccccc43)CC2)c1C. The van der Waals surface area contributed by atoms with E-state index in [0.717, 1.165) is 55.2 Å². The van der Waals surface area contributed by atoms with E-state index in [-0.39, 0.29) is 5.91 Å². The first-order valence-electron chi connectivity index (χ1n) is 10.1. The van der Waals surface area contributed by atoms with Gasteiger partial charge in [-0.1, -0.05) is 24.3 Å². The Hall–Kier alpha value is -2.48. The number of carbonyl (C=O) groups excluding carboxylic acids is 1. The number of para-hydroxylation sites is 2. The summed E-state index contributed by atoms with van der Waals surface area (Å²) in [5.74, 6) is 0.0835. The zero-order valence-corrected chi connectivity index (χ0v) is 17.8. The monoisotopic (exact) mass is 412 g/mol. The minimum atomic E-state index is 0.0835. The van der Waals surface area contributed by atoms with Crippen LogP contribution in [0.25, 0.3) is 11.1 Å². The molecular formula is C22H28N4O2S+2. The Morgan fingerprint density at radius 2 is 1.79 bits per heavy atom. The second-order valence-electron chi connectivity index (χ2n) is 7.89. The molecule has 0 bridgehead atoms. The van der Waals surface area contributed by atoms with Gasteiger partial charge in [0, 0.05) is 5.69 Å². The highest BCUT2D eigenvalue weighted by atomic mass is 32.1. The minimum Gasteiger partial charge on any atom is -0.429 e. The van der Waals surface area contributed by atoms with Gasteiger partial charge in [-0.15, -0.1) is 0 Å². The normalized spacial score (nSPS) is 19.4. The lowest BCUT2D eigenvalue weighted by Gasteiger charge is -2.29. The standard InChI is InChI=1S/C22H26N4O2S/c1-16-6-5-7-18(17(16)2)23-21(27)14-24-10-12-25(13-11-24)15-26-19-8-3-4-9-20(19)28-22(26)29/h3-9H,10-15H2,1-2H3,(H,23,27)/p+2. The molecule has 1 saturated heterocycles. The number of amides is 1. The number of quaternary nitrogens is 2. The van der Waals surface area contributed by atoms with Crippen molar-refractivity contribution in [1.82, 2.24) is 4.57 Å². The number of anilines is 1. The summed E-state index contributed by atoms with van der Waals surface area (Å²) >= 11 is 5.41. The molecule has 152 valence electrons. The van der Waals surface area contributed by atoms with Crippen LogP contribution in [-0.2, 0) is 11.5 Å². The van der Waals surface area contributed by atoms with Crippen molar-refractivity contribution in [3.63, 3.8) is 0 Å². The molecule has 1 fully saturated rings. The van der Waals surface area contributed by atoms with Gasteiger partial charge in [-0.3, -0.25) is 9.36 Å². The number of nitrogens with zero attached hydrogens (tertiary/aromatic N) is 1. The number of aromatic nitrogens is 1. The number of oxazole rings is 1. The molecule has 7 heteroatoms. The molecule has 2 aromatic carbocycles. The summed E-state index contributed by atoms with van der Waals surface area (Å²) in [4.78, 5) is 15.8. The molecule has 0 saturated carbocycles. The van der Waals surface area contributed by atoms with E-state index in [9.17, 15) is 4.79 Å². The summed E-state index contributed by atoms with van der Waals surface area (Å²) in [6.07, 6.45) is 0. The summed E-state index contributed by atoms with van der Waals surface area (Å²) in [7, 11) is 0. The Morgan fingerprint density at radius 1 is 1.07 bits per heavy atom. The number of carbonyl (C=O) groups is 1. The fourth-order valence-corrected chi connectivity index (χ4v) is 4.24. The van der Waals surface area contributed by atoms with Gasteiger partial charge >= 0.3 is 0 Å². The van der Waals surface area contributed by atoms with Crippen molar-refractivity contribution in [3.8, 4) is 0 Å². The van der Waals surface area contributed by atoms with Gasteiger partial charge in [0.25, 0.3) is 10.7 Å². The first-order chi connectivity index (χ1) is 14.0. The first-order valence-corrected chi connectivity index (χ1v) is 10.5. The van der Waals surface area contributed by atoms with Crippen LogP contribution in [0.3, 0.4) is 0 Å². The number of nitrogens with one attached hydrogen (secondary N) is 3. The quantitative estimate of drug-likeness (QED) is 0.547. The molecule has 0 spiro atoms. The van der Waals surface area contributed by atoms with Crippen molar-refractivity contribution >= 4 is 34.9 Å². The zero-order valence-electron chi connectivity index (χ0n) is 17.0. The third-order valence-corrected chi connectivity index (χ3v) is 6.21. The van der Waals surface area contributed by atoms with Crippen molar-refractivity contribution in [2.45, 2.75) is 20.5 Å².